The van der Waals surface area contributed by atoms with Crippen molar-refractivity contribution in [2.75, 3.05) is 18.6 Å². The highest BCUT2D eigenvalue weighted by atomic mass is 16.5. The molecule has 1 N–H and O–H groups in total. The standard InChI is InChI=1S/C22H24N2O3/c1-27-19-9-5-8-18(13-19)24-14-17(12-20(24)25)22(26)23-21(16-10-11-16)15-6-3-2-4-7-15/h2-9,13,16-17,21H,10-12,14H2,1H3,(H,23,26)/t17-,21-/m0/s1. The first-order valence-corrected chi connectivity index (χ1v) is 9.45. The topological polar surface area (TPSA) is 58.6 Å². The minimum Gasteiger partial charge on any atom is -0.497 e. The van der Waals surface area contributed by atoms with E-state index in [0.717, 1.165) is 24.1 Å². The summed E-state index contributed by atoms with van der Waals surface area (Å²) in [6, 6.07) is 17.5. The zero-order valence-electron chi connectivity index (χ0n) is 15.4. The molecule has 140 valence electrons. The van der Waals surface area contributed by atoms with Gasteiger partial charge >= 0.3 is 0 Å². The number of ether oxygens (including phenoxy) is 1. The van der Waals surface area contributed by atoms with Gasteiger partial charge in [0.2, 0.25) is 11.8 Å². The lowest BCUT2D eigenvalue weighted by Gasteiger charge is -2.21. The van der Waals surface area contributed by atoms with E-state index in [1.54, 1.807) is 12.0 Å². The molecule has 4 rings (SSSR count). The van der Waals surface area contributed by atoms with Crippen LogP contribution in [0.25, 0.3) is 0 Å². The maximum atomic E-state index is 12.9. The number of rotatable bonds is 6. The highest BCUT2D eigenvalue weighted by Gasteiger charge is 2.39. The van der Waals surface area contributed by atoms with Crippen molar-refractivity contribution in [3.63, 3.8) is 0 Å². The Morgan fingerprint density at radius 3 is 2.63 bits per heavy atom. The zero-order valence-corrected chi connectivity index (χ0v) is 15.4. The summed E-state index contributed by atoms with van der Waals surface area (Å²) < 4.78 is 5.24. The van der Waals surface area contributed by atoms with Crippen molar-refractivity contribution < 1.29 is 14.3 Å². The van der Waals surface area contributed by atoms with Crippen LogP contribution in [0, 0.1) is 11.8 Å². The maximum absolute atomic E-state index is 12.9. The third-order valence-corrected chi connectivity index (χ3v) is 5.41. The number of nitrogens with zero attached hydrogens (tertiary/aromatic N) is 1. The third-order valence-electron chi connectivity index (χ3n) is 5.41. The second-order valence-electron chi connectivity index (χ2n) is 7.34. The molecule has 0 bridgehead atoms. The van der Waals surface area contributed by atoms with Gasteiger partial charge in [-0.05, 0) is 36.5 Å². The van der Waals surface area contributed by atoms with Crippen LogP contribution in [0.1, 0.15) is 30.9 Å². The van der Waals surface area contributed by atoms with E-state index in [2.05, 4.69) is 17.4 Å². The molecular formula is C22H24N2O3. The average molecular weight is 364 g/mol. The zero-order chi connectivity index (χ0) is 18.8. The van der Waals surface area contributed by atoms with Crippen molar-refractivity contribution in [1.29, 1.82) is 0 Å². The Labute approximate surface area is 159 Å². The number of hydrogen-bond donors (Lipinski definition) is 1. The summed E-state index contributed by atoms with van der Waals surface area (Å²) in [6.45, 7) is 0.407. The van der Waals surface area contributed by atoms with Gasteiger partial charge in [-0.3, -0.25) is 9.59 Å². The molecule has 2 amide bonds. The SMILES string of the molecule is COc1cccc(N2C[C@@H](C(=O)N[C@@H](c3ccccc3)C3CC3)CC2=O)c1. The largest absolute Gasteiger partial charge is 0.497 e. The van der Waals surface area contributed by atoms with Crippen molar-refractivity contribution >= 4 is 17.5 Å². The van der Waals surface area contributed by atoms with Gasteiger partial charge in [-0.25, -0.2) is 0 Å². The minimum absolute atomic E-state index is 0.0221. The first-order chi connectivity index (χ1) is 13.2. The van der Waals surface area contributed by atoms with Gasteiger partial charge in [-0.15, -0.1) is 0 Å². The van der Waals surface area contributed by atoms with Crippen LogP contribution in [0.5, 0.6) is 5.75 Å². The second kappa shape index (κ2) is 7.43. The molecule has 5 nitrogen and oxygen atoms in total. The molecule has 0 aromatic heterocycles. The highest BCUT2D eigenvalue weighted by Crippen LogP contribution is 2.41. The van der Waals surface area contributed by atoms with Crippen LogP contribution in [-0.2, 0) is 9.59 Å². The normalized spacial score (nSPS) is 20.4. The molecule has 1 saturated carbocycles. The van der Waals surface area contributed by atoms with Crippen LogP contribution in [0.4, 0.5) is 5.69 Å². The average Bonchev–Trinajstić information content (AvgIpc) is 3.47. The van der Waals surface area contributed by atoms with Gasteiger partial charge < -0.3 is 15.0 Å². The van der Waals surface area contributed by atoms with E-state index < -0.39 is 0 Å². The summed E-state index contributed by atoms with van der Waals surface area (Å²) in [4.78, 5) is 27.1. The highest BCUT2D eigenvalue weighted by molar-refractivity contribution is 6.00. The minimum atomic E-state index is -0.325. The molecule has 1 aliphatic heterocycles. The van der Waals surface area contributed by atoms with E-state index >= 15 is 0 Å². The van der Waals surface area contributed by atoms with E-state index in [4.69, 9.17) is 4.74 Å². The summed E-state index contributed by atoms with van der Waals surface area (Å²) in [5, 5.41) is 3.21. The number of benzene rings is 2. The summed E-state index contributed by atoms with van der Waals surface area (Å²) in [5.74, 6) is 0.822. The maximum Gasteiger partial charge on any atom is 0.227 e. The Morgan fingerprint density at radius 1 is 1.15 bits per heavy atom. The van der Waals surface area contributed by atoms with E-state index in [0.29, 0.717) is 18.2 Å². The second-order valence-corrected chi connectivity index (χ2v) is 7.34. The Hall–Kier alpha value is -2.82. The quantitative estimate of drug-likeness (QED) is 0.855. The van der Waals surface area contributed by atoms with Gasteiger partial charge in [-0.2, -0.15) is 0 Å². The molecule has 27 heavy (non-hydrogen) atoms. The molecule has 2 atom stereocenters. The van der Waals surface area contributed by atoms with Crippen LogP contribution in [-0.4, -0.2) is 25.5 Å². The third kappa shape index (κ3) is 3.82. The van der Waals surface area contributed by atoms with Crippen LogP contribution >= 0.6 is 0 Å². The van der Waals surface area contributed by atoms with Crippen molar-refractivity contribution in [2.24, 2.45) is 11.8 Å². The lowest BCUT2D eigenvalue weighted by molar-refractivity contribution is -0.127. The molecule has 1 saturated heterocycles. The summed E-state index contributed by atoms with van der Waals surface area (Å²) in [6.07, 6.45) is 2.52. The molecule has 1 heterocycles. The van der Waals surface area contributed by atoms with Crippen molar-refractivity contribution in [1.82, 2.24) is 5.32 Å². The first kappa shape index (κ1) is 17.6. The van der Waals surface area contributed by atoms with E-state index in [1.807, 2.05) is 42.5 Å². The van der Waals surface area contributed by atoms with Crippen LogP contribution in [0.3, 0.4) is 0 Å². The predicted molar refractivity (Wildman–Crippen MR) is 104 cm³/mol. The summed E-state index contributed by atoms with van der Waals surface area (Å²) in [5.41, 5.74) is 1.92. The number of anilines is 1. The van der Waals surface area contributed by atoms with Crippen LogP contribution < -0.4 is 15.0 Å². The van der Waals surface area contributed by atoms with Crippen molar-refractivity contribution in [3.05, 3.63) is 60.2 Å². The fourth-order valence-corrected chi connectivity index (χ4v) is 3.75. The van der Waals surface area contributed by atoms with Gasteiger partial charge in [0, 0.05) is 24.7 Å². The molecule has 2 aromatic carbocycles. The summed E-state index contributed by atoms with van der Waals surface area (Å²) in [7, 11) is 1.60. The van der Waals surface area contributed by atoms with Gasteiger partial charge in [0.15, 0.2) is 0 Å². The molecule has 0 spiro atoms. The predicted octanol–water partition coefficient (Wildman–Crippen LogP) is 3.32. The molecule has 0 unspecified atom stereocenters. The monoisotopic (exact) mass is 364 g/mol. The van der Waals surface area contributed by atoms with Crippen molar-refractivity contribution in [2.45, 2.75) is 25.3 Å². The van der Waals surface area contributed by atoms with Crippen LogP contribution in [0.2, 0.25) is 0 Å². The number of hydrogen-bond acceptors (Lipinski definition) is 3. The Balaban J connectivity index is 1.46. The molecule has 1 aliphatic carbocycles. The molecule has 5 heteroatoms. The Bertz CT molecular complexity index is 832. The molecule has 0 radical (unpaired) electrons. The fourth-order valence-electron chi connectivity index (χ4n) is 3.75. The number of carbonyl (C=O) groups excluding carboxylic acids is 2. The van der Waals surface area contributed by atoms with E-state index in [-0.39, 0.29) is 30.2 Å². The lowest BCUT2D eigenvalue weighted by Crippen LogP contribution is -2.36. The number of nitrogens with one attached hydrogen (secondary N) is 1. The first-order valence-electron chi connectivity index (χ1n) is 9.45. The molecular weight excluding hydrogens is 340 g/mol. The lowest BCUT2D eigenvalue weighted by atomic mass is 10.0. The Kier molecular flexibility index (Phi) is 4.84. The van der Waals surface area contributed by atoms with Gasteiger partial charge in [-0.1, -0.05) is 36.4 Å². The van der Waals surface area contributed by atoms with Crippen LogP contribution in [0.15, 0.2) is 54.6 Å². The van der Waals surface area contributed by atoms with Gasteiger partial charge in [0.25, 0.3) is 0 Å². The van der Waals surface area contributed by atoms with Gasteiger partial charge in [0.1, 0.15) is 5.75 Å². The van der Waals surface area contributed by atoms with Crippen molar-refractivity contribution in [3.8, 4) is 5.75 Å². The van der Waals surface area contributed by atoms with E-state index in [9.17, 15) is 9.59 Å². The molecule has 2 aliphatic rings. The molecule has 2 aromatic rings. The van der Waals surface area contributed by atoms with Gasteiger partial charge in [0.05, 0.1) is 19.1 Å². The number of amides is 2. The smallest absolute Gasteiger partial charge is 0.227 e. The Morgan fingerprint density at radius 2 is 1.93 bits per heavy atom. The number of carbonyl (C=O) groups is 2. The fraction of sp³-hybridized carbons (Fsp3) is 0.364. The summed E-state index contributed by atoms with van der Waals surface area (Å²) >= 11 is 0. The molecule has 2 fully saturated rings. The van der Waals surface area contributed by atoms with E-state index in [1.165, 1.54) is 0 Å². The number of methoxy groups -OCH3 is 1.